The molecule has 5 fully saturated rings. The van der Waals surface area contributed by atoms with Gasteiger partial charge < -0.3 is 55.7 Å². The topological polar surface area (TPSA) is 173 Å². The summed E-state index contributed by atoms with van der Waals surface area (Å²) in [7, 11) is -15.7. The van der Waals surface area contributed by atoms with Crippen molar-refractivity contribution in [2.45, 2.75) is 380 Å². The summed E-state index contributed by atoms with van der Waals surface area (Å²) in [6, 6.07) is 8.40. The molecule has 21 heteroatoms. The predicted molar refractivity (Wildman–Crippen MR) is 405 cm³/mol. The smallest absolute Gasteiger partial charge is 0.193 e. The van der Waals surface area contributed by atoms with E-state index in [1.54, 1.807) is 37.4 Å². The van der Waals surface area contributed by atoms with E-state index in [4.69, 9.17) is 50.6 Å². The van der Waals surface area contributed by atoms with Crippen molar-refractivity contribution in [2.75, 3.05) is 13.7 Å². The maximum atomic E-state index is 16.5. The molecule has 5 saturated heterocycles. The maximum absolute atomic E-state index is 16.5. The highest BCUT2D eigenvalue weighted by atomic mass is 32.2. The lowest BCUT2D eigenvalue weighted by atomic mass is 9.81. The van der Waals surface area contributed by atoms with Crippen LogP contribution in [0.25, 0.3) is 0 Å². The molecule has 9 rings (SSSR count). The lowest BCUT2D eigenvalue weighted by Crippen LogP contribution is -2.69. The molecule has 8 aliphatic heterocycles. The zero-order valence-corrected chi connectivity index (χ0v) is 71.3. The molecular formula is C76H136O15SSi5. The van der Waals surface area contributed by atoms with Crippen LogP contribution in [0.4, 0.5) is 0 Å². The number of Topliss-reactive ketones (excluding diaryl/α,β-unsaturated/α-hetero) is 1. The first kappa shape index (κ1) is 82.9. The van der Waals surface area contributed by atoms with Gasteiger partial charge >= 0.3 is 0 Å². The van der Waals surface area contributed by atoms with E-state index in [9.17, 15) is 5.11 Å². The Kier molecular flexibility index (Phi) is 26.5. The lowest BCUT2D eigenvalue weighted by molar-refractivity contribution is -0.266. The molecule has 0 saturated carbocycles. The Labute approximate surface area is 594 Å². The van der Waals surface area contributed by atoms with Gasteiger partial charge in [-0.3, -0.25) is 4.79 Å². The number of methoxy groups -OCH3 is 1. The zero-order valence-electron chi connectivity index (χ0n) is 65.5. The van der Waals surface area contributed by atoms with Crippen molar-refractivity contribution in [2.24, 2.45) is 11.8 Å². The van der Waals surface area contributed by atoms with Gasteiger partial charge in [-0.1, -0.05) is 154 Å². The molecule has 1 N–H and O–H groups in total. The zero-order chi connectivity index (χ0) is 73.0. The number of ketones is 1. The molecule has 97 heavy (non-hydrogen) atoms. The summed E-state index contributed by atoms with van der Waals surface area (Å²) in [5.41, 5.74) is 1.94. The van der Waals surface area contributed by atoms with Crippen molar-refractivity contribution in [1.29, 1.82) is 0 Å². The number of sulfone groups is 1. The molecule has 1 aromatic rings. The number of benzene rings is 1. The van der Waals surface area contributed by atoms with Crippen LogP contribution < -0.4 is 0 Å². The Hall–Kier alpha value is -1.34. The minimum Gasteiger partial charge on any atom is -0.414 e. The molecule has 8 heterocycles. The van der Waals surface area contributed by atoms with E-state index in [-0.39, 0.29) is 67.2 Å². The third-order valence-electron chi connectivity index (χ3n) is 25.2. The fourth-order valence-electron chi connectivity index (χ4n) is 13.7. The summed E-state index contributed by atoms with van der Waals surface area (Å²) in [5, 5.41) is 9.54. The lowest BCUT2D eigenvalue weighted by Gasteiger charge is -2.56. The van der Waals surface area contributed by atoms with Gasteiger partial charge in [-0.15, -0.1) is 0 Å². The largest absolute Gasteiger partial charge is 0.414 e. The summed E-state index contributed by atoms with van der Waals surface area (Å²) >= 11 is 0. The van der Waals surface area contributed by atoms with E-state index in [1.165, 1.54) is 0 Å². The molecule has 8 bridgehead atoms. The van der Waals surface area contributed by atoms with Crippen LogP contribution in [0.15, 0.2) is 71.7 Å². The van der Waals surface area contributed by atoms with Crippen molar-refractivity contribution < 1.29 is 68.9 Å². The highest BCUT2D eigenvalue weighted by Gasteiger charge is 2.61. The quantitative estimate of drug-likeness (QED) is 0.122. The third-order valence-corrected chi connectivity index (χ3v) is 49.8. The van der Waals surface area contributed by atoms with E-state index < -0.39 is 148 Å². The molecule has 1 aromatic carbocycles. The highest BCUT2D eigenvalue weighted by molar-refractivity contribution is 7.92. The van der Waals surface area contributed by atoms with Gasteiger partial charge in [-0.05, 0) is 171 Å². The Morgan fingerprint density at radius 1 is 0.567 bits per heavy atom. The molecule has 0 amide bonds. The van der Waals surface area contributed by atoms with Gasteiger partial charge in [-0.25, -0.2) is 8.42 Å². The van der Waals surface area contributed by atoms with E-state index in [1.807, 2.05) is 12.2 Å². The van der Waals surface area contributed by atoms with E-state index >= 15 is 13.2 Å². The van der Waals surface area contributed by atoms with Crippen LogP contribution in [0, 0.1) is 11.8 Å². The normalized spacial score (nSPS) is 34.1. The number of hydrogen-bond donors (Lipinski definition) is 1. The number of hydrogen-bond acceptors (Lipinski definition) is 15. The monoisotopic (exact) mass is 1460 g/mol. The molecule has 5 unspecified atom stereocenters. The van der Waals surface area contributed by atoms with Crippen LogP contribution in [0.2, 0.25) is 90.7 Å². The van der Waals surface area contributed by atoms with E-state index in [0.717, 1.165) is 17.6 Å². The van der Waals surface area contributed by atoms with Crippen molar-refractivity contribution in [1.82, 2.24) is 0 Å². The molecule has 0 spiro atoms. The Bertz CT molecular complexity index is 2960. The molecule has 0 aliphatic carbocycles. The minimum atomic E-state index is -4.52. The molecule has 0 radical (unpaired) electrons. The second-order valence-corrected chi connectivity index (χ2v) is 63.5. The van der Waals surface area contributed by atoms with Crippen LogP contribution >= 0.6 is 0 Å². The average Bonchev–Trinajstić information content (AvgIpc) is 1.69. The number of ether oxygens (including phenoxy) is 6. The standard InChI is InChI=1S/C76H136O15SSi5/c1-49-43-54-38-41-59-50(2)44-53(83-59)37-35-52(77)36-40-61(89-95(24,25)74(10,11)12)68-70(91-97(28,29)76(16,17)18)69(90-96(26,27)75(13,14)15)67-60(87-68)42-39-55(85-67)45-58(78)71(92(79,80)57-33-31-30-32-34-57)65-63(47-62(84-54)51(49)3)86-64(66(65)81-19)46-56(88-94(22,23)73(7,8)9)48-82-93(20,21)72(4,5)6/h30-34,36,40,49,52-56,59-71,77H,2-3,35,37-39,41-48H2,1,4-29H3/b40-36+/t49-,52?,53+,54+,55-,56+,59?,60+,61+,62?,63+,64-,65?,66+,67+,68+,69-,70-,71?/m1/s1. The molecule has 8 aliphatic rings. The van der Waals surface area contributed by atoms with Crippen molar-refractivity contribution >= 4 is 57.2 Å². The SMILES string of the molecule is C=C1C[C@@H]2CCC(O)/C=C/[C@H](O[Si](C)(C)C(C)(C)C)[C@@H]3O[C@H]4CC[C@H](CC(=O)C(S(=O)(=O)c5ccccc5)C5[C@H](CC6O[C@@H](CCC1O2)C[C@@H](C)C6=C)O[C@H](C[C@@H](CO[Si](C)(C)C(C)(C)C)O[Si](C)(C)C(C)(C)C)[C@@H]5OC)O[C@@H]4[C@@H](O[Si](C)(C)C(C)(C)C)[C@@H]3O[Si](C)(C)C(C)(C)C. The molecule has 19 atom stereocenters. The number of carbonyl (C=O) groups is 1. The first-order valence-corrected chi connectivity index (χ1v) is 53.0. The number of fused-ring (bicyclic) bond motifs is 2. The van der Waals surface area contributed by atoms with Crippen LogP contribution in [-0.2, 0) is 65.2 Å². The van der Waals surface area contributed by atoms with Crippen LogP contribution in [-0.4, -0.2) is 178 Å². The Morgan fingerprint density at radius 2 is 1.08 bits per heavy atom. The van der Waals surface area contributed by atoms with Gasteiger partial charge in [0.2, 0.25) is 0 Å². The fourth-order valence-corrected chi connectivity index (χ4v) is 21.9. The van der Waals surface area contributed by atoms with Gasteiger partial charge in [-0.2, -0.15) is 0 Å². The fraction of sp³-hybridized carbons (Fsp3) is 0.829. The second-order valence-electron chi connectivity index (χ2n) is 37.6. The number of carbonyl (C=O) groups excluding carboxylic acids is 1. The Morgan fingerprint density at radius 3 is 1.64 bits per heavy atom. The molecular weight excluding hydrogens is 1330 g/mol. The minimum absolute atomic E-state index is 0.0396. The number of rotatable bonds is 16. The summed E-state index contributed by atoms with van der Waals surface area (Å²) in [6.07, 6.45) is -0.429. The summed E-state index contributed by atoms with van der Waals surface area (Å²) < 4.78 is 114. The van der Waals surface area contributed by atoms with Gasteiger partial charge in [0.25, 0.3) is 0 Å². The average molecular weight is 1460 g/mol. The first-order valence-electron chi connectivity index (χ1n) is 36.9. The van der Waals surface area contributed by atoms with Crippen LogP contribution in [0.1, 0.15) is 181 Å². The highest BCUT2D eigenvalue weighted by Crippen LogP contribution is 2.51. The van der Waals surface area contributed by atoms with Crippen molar-refractivity contribution in [3.05, 3.63) is 66.8 Å². The van der Waals surface area contributed by atoms with Crippen LogP contribution in [0.3, 0.4) is 0 Å². The van der Waals surface area contributed by atoms with Crippen molar-refractivity contribution in [3.8, 4) is 0 Å². The Balaban J connectivity index is 1.43. The third kappa shape index (κ3) is 19.6. The predicted octanol–water partition coefficient (Wildman–Crippen LogP) is 17.4. The second kappa shape index (κ2) is 31.0. The maximum Gasteiger partial charge on any atom is 0.193 e. The van der Waals surface area contributed by atoms with Gasteiger partial charge in [0.05, 0.1) is 84.7 Å². The van der Waals surface area contributed by atoms with Gasteiger partial charge in [0.1, 0.15) is 29.7 Å². The van der Waals surface area contributed by atoms with Gasteiger partial charge in [0.15, 0.2) is 57.2 Å². The number of aliphatic hydroxyl groups excluding tert-OH is 1. The van der Waals surface area contributed by atoms with Gasteiger partial charge in [0, 0.05) is 32.3 Å². The summed E-state index contributed by atoms with van der Waals surface area (Å²) in [5.74, 6) is -1.43. The van der Waals surface area contributed by atoms with E-state index in [2.05, 4.69) is 189 Å². The first-order chi connectivity index (χ1) is 44.2. The summed E-state index contributed by atoms with van der Waals surface area (Å²) in [4.78, 5) is 16.6. The van der Waals surface area contributed by atoms with Crippen molar-refractivity contribution in [3.63, 3.8) is 0 Å². The molecule has 556 valence electrons. The summed E-state index contributed by atoms with van der Waals surface area (Å²) in [6.45, 7) is 67.7. The van der Waals surface area contributed by atoms with Crippen LogP contribution in [0.5, 0.6) is 0 Å². The number of aliphatic hydroxyl groups is 1. The van der Waals surface area contributed by atoms with E-state index in [0.29, 0.717) is 58.0 Å². The molecule has 0 aromatic heterocycles. The molecule has 15 nitrogen and oxygen atoms in total.